The Morgan fingerprint density at radius 2 is 1.90 bits per heavy atom. The Kier molecular flexibility index (Phi) is 5.27. The van der Waals surface area contributed by atoms with Crippen molar-refractivity contribution in [2.24, 2.45) is 40.4 Å². The van der Waals surface area contributed by atoms with Crippen molar-refractivity contribution in [2.75, 3.05) is 12.9 Å². The van der Waals surface area contributed by atoms with Gasteiger partial charge in [0.15, 0.2) is 5.78 Å². The van der Waals surface area contributed by atoms with Gasteiger partial charge in [0.05, 0.1) is 12.4 Å². The maximum atomic E-state index is 12.8. The molecule has 4 aliphatic carbocycles. The van der Waals surface area contributed by atoms with E-state index in [-0.39, 0.29) is 28.4 Å². The van der Waals surface area contributed by atoms with Crippen molar-refractivity contribution in [1.29, 1.82) is 0 Å². The van der Waals surface area contributed by atoms with Gasteiger partial charge in [0.25, 0.3) is 10.1 Å². The van der Waals surface area contributed by atoms with Gasteiger partial charge < -0.3 is 5.11 Å². The fourth-order valence-electron chi connectivity index (χ4n) is 7.97. The van der Waals surface area contributed by atoms with Gasteiger partial charge in [-0.3, -0.25) is 13.8 Å². The summed E-state index contributed by atoms with van der Waals surface area (Å²) in [4.78, 5) is 24.9. The van der Waals surface area contributed by atoms with Gasteiger partial charge in [0.1, 0.15) is 12.4 Å². The van der Waals surface area contributed by atoms with E-state index in [1.54, 1.807) is 0 Å². The quantitative estimate of drug-likeness (QED) is 0.694. The number of aliphatic hydroxyl groups is 1. The van der Waals surface area contributed by atoms with Gasteiger partial charge >= 0.3 is 0 Å². The molecule has 4 saturated carbocycles. The molecule has 0 aromatic rings. The van der Waals surface area contributed by atoms with Crippen LogP contribution in [-0.2, 0) is 23.9 Å². The molecule has 4 aliphatic rings. The van der Waals surface area contributed by atoms with Gasteiger partial charge in [0, 0.05) is 18.8 Å². The smallest absolute Gasteiger partial charge is 0.264 e. The normalized spacial score (nSPS) is 47.2. The summed E-state index contributed by atoms with van der Waals surface area (Å²) < 4.78 is 27.4. The summed E-state index contributed by atoms with van der Waals surface area (Å²) in [5.74, 6) is 1.22. The zero-order valence-electron chi connectivity index (χ0n) is 17.7. The lowest BCUT2D eigenvalue weighted by molar-refractivity contribution is -0.174. The fraction of sp³-hybridized carbons (Fsp3) is 0.909. The second kappa shape index (κ2) is 7.13. The Morgan fingerprint density at radius 1 is 1.17 bits per heavy atom. The summed E-state index contributed by atoms with van der Waals surface area (Å²) in [5, 5.41) is 11.3. The third-order valence-corrected chi connectivity index (χ3v) is 9.76. The summed E-state index contributed by atoms with van der Waals surface area (Å²) in [6.45, 7) is 3.99. The van der Waals surface area contributed by atoms with Crippen molar-refractivity contribution in [3.05, 3.63) is 0 Å². The van der Waals surface area contributed by atoms with Gasteiger partial charge in [0.2, 0.25) is 0 Å². The van der Waals surface area contributed by atoms with E-state index >= 15 is 0 Å². The van der Waals surface area contributed by atoms with E-state index in [4.69, 9.17) is 4.18 Å². The molecule has 0 saturated heterocycles. The molecule has 0 heterocycles. The SMILES string of the molecule is C[C@]12CCC(=O)CC1CC[C@@H]1[C@@H]2C(O)C[C@]2(C)C(C(=O)COS(C)(=O)=O)CC[C@@H]12. The van der Waals surface area contributed by atoms with E-state index in [0.29, 0.717) is 42.8 Å². The van der Waals surface area contributed by atoms with Crippen LogP contribution in [0.3, 0.4) is 0 Å². The van der Waals surface area contributed by atoms with E-state index in [1.165, 1.54) is 0 Å². The maximum Gasteiger partial charge on any atom is 0.264 e. The topological polar surface area (TPSA) is 97.7 Å². The number of carbonyl (C=O) groups is 2. The lowest BCUT2D eigenvalue weighted by atomic mass is 9.44. The first-order chi connectivity index (χ1) is 13.5. The predicted octanol–water partition coefficient (Wildman–Crippen LogP) is 2.73. The van der Waals surface area contributed by atoms with E-state index in [9.17, 15) is 23.1 Å². The van der Waals surface area contributed by atoms with Crippen molar-refractivity contribution in [2.45, 2.75) is 71.3 Å². The first-order valence-corrected chi connectivity index (χ1v) is 12.8. The minimum Gasteiger partial charge on any atom is -0.393 e. The highest BCUT2D eigenvalue weighted by atomic mass is 32.2. The van der Waals surface area contributed by atoms with Gasteiger partial charge in [-0.05, 0) is 73.0 Å². The number of aliphatic hydroxyl groups excluding tert-OH is 1. The lowest BCUT2D eigenvalue weighted by Crippen LogP contribution is -2.59. The van der Waals surface area contributed by atoms with Crippen molar-refractivity contribution in [3.8, 4) is 0 Å². The van der Waals surface area contributed by atoms with Gasteiger partial charge in [-0.2, -0.15) is 8.42 Å². The molecule has 6 nitrogen and oxygen atoms in total. The Labute approximate surface area is 173 Å². The molecular weight excluding hydrogens is 392 g/mol. The maximum absolute atomic E-state index is 12.8. The molecule has 0 radical (unpaired) electrons. The Bertz CT molecular complexity index is 806. The van der Waals surface area contributed by atoms with Gasteiger partial charge in [-0.1, -0.05) is 13.8 Å². The highest BCUT2D eigenvalue weighted by Crippen LogP contribution is 2.67. The van der Waals surface area contributed by atoms with Crippen LogP contribution in [0.25, 0.3) is 0 Å². The summed E-state index contributed by atoms with van der Waals surface area (Å²) in [6.07, 6.45) is 6.91. The molecule has 8 atom stereocenters. The van der Waals surface area contributed by atoms with Crippen molar-refractivity contribution in [3.63, 3.8) is 0 Å². The third kappa shape index (κ3) is 3.51. The summed E-state index contributed by atoms with van der Waals surface area (Å²) >= 11 is 0. The van der Waals surface area contributed by atoms with Crippen molar-refractivity contribution >= 4 is 21.7 Å². The highest BCUT2D eigenvalue weighted by molar-refractivity contribution is 7.86. The van der Waals surface area contributed by atoms with Gasteiger partial charge in [-0.25, -0.2) is 0 Å². The monoisotopic (exact) mass is 426 g/mol. The molecule has 0 aromatic heterocycles. The van der Waals surface area contributed by atoms with Crippen LogP contribution in [0.5, 0.6) is 0 Å². The molecule has 0 aromatic carbocycles. The Hall–Kier alpha value is -0.790. The second-order valence-electron chi connectivity index (χ2n) is 10.7. The minimum atomic E-state index is -3.65. The predicted molar refractivity (Wildman–Crippen MR) is 107 cm³/mol. The van der Waals surface area contributed by atoms with Crippen LogP contribution in [0.2, 0.25) is 0 Å². The molecule has 4 rings (SSSR count). The van der Waals surface area contributed by atoms with Crippen LogP contribution in [0.1, 0.15) is 65.2 Å². The highest BCUT2D eigenvalue weighted by Gasteiger charge is 2.63. The number of fused-ring (bicyclic) bond motifs is 5. The van der Waals surface area contributed by atoms with E-state index in [2.05, 4.69) is 13.8 Å². The fourth-order valence-corrected chi connectivity index (χ4v) is 8.30. The van der Waals surface area contributed by atoms with Crippen LogP contribution < -0.4 is 0 Å². The van der Waals surface area contributed by atoms with Crippen molar-refractivity contribution < 1.29 is 27.3 Å². The first kappa shape index (κ1) is 21.4. The van der Waals surface area contributed by atoms with E-state index in [1.807, 2.05) is 0 Å². The standard InChI is InChI=1S/C22H34O6S/c1-21-9-8-14(23)10-13(21)4-5-15-16-6-7-17(19(25)12-28-29(3,26)27)22(16,2)11-18(24)20(15)21/h13,15-18,20,24H,4-12H2,1-3H3/t13?,15-,16-,17?,18?,20+,21-,22-/m0/s1. The molecule has 7 heteroatoms. The molecule has 1 N–H and O–H groups in total. The number of carbonyl (C=O) groups excluding carboxylic acids is 2. The van der Waals surface area contributed by atoms with Crippen LogP contribution >= 0.6 is 0 Å². The Morgan fingerprint density at radius 3 is 2.59 bits per heavy atom. The molecule has 4 fully saturated rings. The molecule has 3 unspecified atom stereocenters. The van der Waals surface area contributed by atoms with Gasteiger partial charge in [-0.15, -0.1) is 0 Å². The van der Waals surface area contributed by atoms with Crippen LogP contribution in [0.15, 0.2) is 0 Å². The average Bonchev–Trinajstić information content (AvgIpc) is 2.96. The third-order valence-electron chi connectivity index (χ3n) is 9.21. The molecule has 0 spiro atoms. The number of rotatable bonds is 4. The summed E-state index contributed by atoms with van der Waals surface area (Å²) in [6, 6.07) is 0. The molecule has 29 heavy (non-hydrogen) atoms. The molecule has 0 amide bonds. The van der Waals surface area contributed by atoms with Crippen LogP contribution in [0, 0.1) is 40.4 Å². The Balaban J connectivity index is 1.57. The molecule has 0 aliphatic heterocycles. The van der Waals surface area contributed by atoms with E-state index in [0.717, 1.165) is 38.4 Å². The summed E-state index contributed by atoms with van der Waals surface area (Å²) in [5.41, 5.74) is -0.314. The molecule has 164 valence electrons. The number of Topliss-reactive ketones (excluding diaryl/α,β-unsaturated/α-hetero) is 2. The number of hydrogen-bond donors (Lipinski definition) is 1. The molecular formula is C22H34O6S. The summed E-state index contributed by atoms with van der Waals surface area (Å²) in [7, 11) is -3.65. The minimum absolute atomic E-state index is 0.000924. The second-order valence-corrected chi connectivity index (χ2v) is 12.3. The first-order valence-electron chi connectivity index (χ1n) is 11.0. The molecule has 0 bridgehead atoms. The van der Waals surface area contributed by atoms with E-state index < -0.39 is 22.8 Å². The van der Waals surface area contributed by atoms with Crippen LogP contribution in [0.4, 0.5) is 0 Å². The lowest BCUT2D eigenvalue weighted by Gasteiger charge is -2.61. The largest absolute Gasteiger partial charge is 0.393 e. The zero-order chi connectivity index (χ0) is 21.2. The van der Waals surface area contributed by atoms with Crippen molar-refractivity contribution in [1.82, 2.24) is 0 Å². The number of ketones is 2. The number of hydrogen-bond acceptors (Lipinski definition) is 6. The van der Waals surface area contributed by atoms with Crippen LogP contribution in [-0.4, -0.2) is 44.1 Å². The zero-order valence-corrected chi connectivity index (χ0v) is 18.5. The average molecular weight is 427 g/mol.